The summed E-state index contributed by atoms with van der Waals surface area (Å²) in [5.74, 6) is 0. The lowest BCUT2D eigenvalue weighted by Crippen LogP contribution is -2.17. The zero-order valence-electron chi connectivity index (χ0n) is 8.36. The Morgan fingerprint density at radius 2 is 2.21 bits per heavy atom. The molecule has 0 saturated heterocycles. The maximum absolute atomic E-state index is 10.6. The molecule has 76 valence electrons. The Hall–Kier alpha value is -1.42. The van der Waals surface area contributed by atoms with Crippen LogP contribution in [0.15, 0.2) is 18.2 Å². The van der Waals surface area contributed by atoms with Crippen LogP contribution in [0.25, 0.3) is 0 Å². The van der Waals surface area contributed by atoms with Crippen molar-refractivity contribution >= 4 is 5.69 Å². The van der Waals surface area contributed by atoms with E-state index < -0.39 is 0 Å². The number of rotatable bonds is 3. The summed E-state index contributed by atoms with van der Waals surface area (Å²) in [5, 5.41) is 10.6. The molecule has 0 saturated carbocycles. The van der Waals surface area contributed by atoms with Gasteiger partial charge in [0.2, 0.25) is 0 Å². The monoisotopic (exact) mass is 194 g/mol. The molecule has 0 fully saturated rings. The highest BCUT2D eigenvalue weighted by molar-refractivity contribution is 5.42. The average Bonchev–Trinajstić information content (AvgIpc) is 2.07. The lowest BCUT2D eigenvalue weighted by Gasteiger charge is -2.05. The Bertz CT molecular complexity index is 348. The van der Waals surface area contributed by atoms with Crippen LogP contribution >= 0.6 is 0 Å². The molecule has 4 heteroatoms. The van der Waals surface area contributed by atoms with Crippen LogP contribution in [0.5, 0.6) is 0 Å². The second-order valence-electron chi connectivity index (χ2n) is 3.56. The number of aryl methyl sites for hydroxylation is 1. The standard InChI is InChI=1S/C10H14N2O2/c1-7-3-4-9(5-8(2)11)6-10(7)12(13)14/h3-4,6,8H,5,11H2,1-2H3/t8-/m1/s1. The Kier molecular flexibility index (Phi) is 3.19. The van der Waals surface area contributed by atoms with Gasteiger partial charge in [-0.1, -0.05) is 12.1 Å². The van der Waals surface area contributed by atoms with Gasteiger partial charge in [-0.25, -0.2) is 0 Å². The predicted octanol–water partition coefficient (Wildman–Crippen LogP) is 1.79. The fourth-order valence-electron chi connectivity index (χ4n) is 1.35. The van der Waals surface area contributed by atoms with Gasteiger partial charge in [-0.2, -0.15) is 0 Å². The number of nitro groups is 1. The zero-order valence-corrected chi connectivity index (χ0v) is 8.36. The number of nitro benzene ring substituents is 1. The largest absolute Gasteiger partial charge is 0.328 e. The van der Waals surface area contributed by atoms with Crippen LogP contribution < -0.4 is 5.73 Å². The summed E-state index contributed by atoms with van der Waals surface area (Å²) in [6.45, 7) is 3.61. The molecule has 1 aromatic carbocycles. The van der Waals surface area contributed by atoms with Crippen LogP contribution in [0.3, 0.4) is 0 Å². The summed E-state index contributed by atoms with van der Waals surface area (Å²) < 4.78 is 0. The van der Waals surface area contributed by atoms with Crippen LogP contribution in [-0.2, 0) is 6.42 Å². The van der Waals surface area contributed by atoms with E-state index in [1.165, 1.54) is 0 Å². The van der Waals surface area contributed by atoms with E-state index in [2.05, 4.69) is 0 Å². The van der Waals surface area contributed by atoms with Gasteiger partial charge in [0.1, 0.15) is 0 Å². The van der Waals surface area contributed by atoms with Crippen molar-refractivity contribution in [2.75, 3.05) is 0 Å². The molecular weight excluding hydrogens is 180 g/mol. The third kappa shape index (κ3) is 2.53. The van der Waals surface area contributed by atoms with Gasteiger partial charge in [-0.3, -0.25) is 10.1 Å². The minimum atomic E-state index is -0.361. The third-order valence-corrected chi connectivity index (χ3v) is 2.03. The van der Waals surface area contributed by atoms with Gasteiger partial charge in [-0.15, -0.1) is 0 Å². The van der Waals surface area contributed by atoms with Gasteiger partial charge in [0.05, 0.1) is 4.92 Å². The van der Waals surface area contributed by atoms with Crippen molar-refractivity contribution in [3.63, 3.8) is 0 Å². The lowest BCUT2D eigenvalue weighted by molar-refractivity contribution is -0.385. The highest BCUT2D eigenvalue weighted by Gasteiger charge is 2.11. The van der Waals surface area contributed by atoms with Gasteiger partial charge in [0, 0.05) is 17.7 Å². The quantitative estimate of drug-likeness (QED) is 0.589. The van der Waals surface area contributed by atoms with Crippen LogP contribution in [0, 0.1) is 17.0 Å². The van der Waals surface area contributed by atoms with E-state index in [0.717, 1.165) is 5.56 Å². The molecule has 0 heterocycles. The minimum Gasteiger partial charge on any atom is -0.328 e. The molecule has 0 aliphatic carbocycles. The fourth-order valence-corrected chi connectivity index (χ4v) is 1.35. The molecule has 0 spiro atoms. The first-order valence-electron chi connectivity index (χ1n) is 4.50. The second-order valence-corrected chi connectivity index (χ2v) is 3.56. The Morgan fingerprint density at radius 3 is 2.71 bits per heavy atom. The summed E-state index contributed by atoms with van der Waals surface area (Å²) in [6, 6.07) is 5.26. The molecule has 1 rings (SSSR count). The Morgan fingerprint density at radius 1 is 1.57 bits per heavy atom. The van der Waals surface area contributed by atoms with Gasteiger partial charge in [0.15, 0.2) is 0 Å². The van der Waals surface area contributed by atoms with E-state index in [9.17, 15) is 10.1 Å². The zero-order chi connectivity index (χ0) is 10.7. The molecule has 0 aromatic heterocycles. The molecule has 4 nitrogen and oxygen atoms in total. The van der Waals surface area contributed by atoms with Crippen molar-refractivity contribution < 1.29 is 4.92 Å². The summed E-state index contributed by atoms with van der Waals surface area (Å²) in [5.41, 5.74) is 7.39. The first kappa shape index (κ1) is 10.7. The molecule has 2 N–H and O–H groups in total. The van der Waals surface area contributed by atoms with Crippen LogP contribution in [-0.4, -0.2) is 11.0 Å². The molecular formula is C10H14N2O2. The summed E-state index contributed by atoms with van der Waals surface area (Å²) >= 11 is 0. The lowest BCUT2D eigenvalue weighted by atomic mass is 10.0. The number of nitrogens with two attached hydrogens (primary N) is 1. The molecule has 0 radical (unpaired) electrons. The molecule has 0 bridgehead atoms. The van der Waals surface area contributed by atoms with E-state index >= 15 is 0 Å². The van der Waals surface area contributed by atoms with Crippen molar-refractivity contribution in [3.05, 3.63) is 39.4 Å². The highest BCUT2D eigenvalue weighted by atomic mass is 16.6. The van der Waals surface area contributed by atoms with E-state index in [1.807, 2.05) is 13.0 Å². The maximum atomic E-state index is 10.6. The van der Waals surface area contributed by atoms with Crippen LogP contribution in [0.1, 0.15) is 18.1 Å². The van der Waals surface area contributed by atoms with Gasteiger partial charge >= 0.3 is 0 Å². The molecule has 0 amide bonds. The van der Waals surface area contributed by atoms with Crippen molar-refractivity contribution in [3.8, 4) is 0 Å². The van der Waals surface area contributed by atoms with Crippen molar-refractivity contribution in [1.82, 2.24) is 0 Å². The fraction of sp³-hybridized carbons (Fsp3) is 0.400. The van der Waals surface area contributed by atoms with Gasteiger partial charge < -0.3 is 5.73 Å². The first-order valence-corrected chi connectivity index (χ1v) is 4.50. The SMILES string of the molecule is Cc1ccc(C[C@@H](C)N)cc1[N+](=O)[O-]. The van der Waals surface area contributed by atoms with Crippen molar-refractivity contribution in [2.24, 2.45) is 5.73 Å². The predicted molar refractivity (Wildman–Crippen MR) is 55.2 cm³/mol. The highest BCUT2D eigenvalue weighted by Crippen LogP contribution is 2.19. The number of hydrogen-bond acceptors (Lipinski definition) is 3. The number of nitrogens with zero attached hydrogens (tertiary/aromatic N) is 1. The molecule has 0 aliphatic rings. The topological polar surface area (TPSA) is 69.2 Å². The second kappa shape index (κ2) is 4.19. The third-order valence-electron chi connectivity index (χ3n) is 2.03. The number of hydrogen-bond donors (Lipinski definition) is 1. The minimum absolute atomic E-state index is 0.0253. The van der Waals surface area contributed by atoms with E-state index in [4.69, 9.17) is 5.73 Å². The van der Waals surface area contributed by atoms with E-state index in [0.29, 0.717) is 12.0 Å². The first-order chi connectivity index (χ1) is 6.50. The molecule has 0 aliphatic heterocycles. The summed E-state index contributed by atoms with van der Waals surface area (Å²) in [4.78, 5) is 10.3. The van der Waals surface area contributed by atoms with Crippen molar-refractivity contribution in [2.45, 2.75) is 26.3 Å². The van der Waals surface area contributed by atoms with Gasteiger partial charge in [0.25, 0.3) is 5.69 Å². The van der Waals surface area contributed by atoms with Crippen LogP contribution in [0.4, 0.5) is 5.69 Å². The van der Waals surface area contributed by atoms with E-state index in [1.54, 1.807) is 19.1 Å². The average molecular weight is 194 g/mol. The van der Waals surface area contributed by atoms with E-state index in [-0.39, 0.29) is 16.7 Å². The normalized spacial score (nSPS) is 12.5. The molecule has 14 heavy (non-hydrogen) atoms. The molecule has 0 unspecified atom stereocenters. The smallest absolute Gasteiger partial charge is 0.272 e. The van der Waals surface area contributed by atoms with Crippen LogP contribution in [0.2, 0.25) is 0 Å². The summed E-state index contributed by atoms with van der Waals surface area (Å²) in [7, 11) is 0. The summed E-state index contributed by atoms with van der Waals surface area (Å²) in [6.07, 6.45) is 0.668. The molecule has 1 atom stereocenters. The Labute approximate surface area is 82.9 Å². The maximum Gasteiger partial charge on any atom is 0.272 e. The Balaban J connectivity index is 3.00. The number of benzene rings is 1. The molecule has 1 aromatic rings. The van der Waals surface area contributed by atoms with Gasteiger partial charge in [-0.05, 0) is 25.8 Å². The van der Waals surface area contributed by atoms with Crippen molar-refractivity contribution in [1.29, 1.82) is 0 Å².